The van der Waals surface area contributed by atoms with Crippen molar-refractivity contribution in [3.63, 3.8) is 0 Å². The number of amides is 1. The van der Waals surface area contributed by atoms with Crippen LogP contribution in [0.5, 0.6) is 0 Å². The first-order valence-electron chi connectivity index (χ1n) is 6.90. The van der Waals surface area contributed by atoms with Crippen molar-refractivity contribution in [2.45, 2.75) is 25.8 Å². The minimum absolute atomic E-state index is 0.120. The van der Waals surface area contributed by atoms with Crippen LogP contribution in [0.3, 0.4) is 0 Å². The summed E-state index contributed by atoms with van der Waals surface area (Å²) in [6.45, 7) is 4.24. The molecule has 0 bridgehead atoms. The molecular formula is C14H19N3O3. The normalized spacial score (nSPS) is 15.8. The van der Waals surface area contributed by atoms with Crippen LogP contribution in [0.25, 0.3) is 0 Å². The molecule has 6 nitrogen and oxygen atoms in total. The summed E-state index contributed by atoms with van der Waals surface area (Å²) < 4.78 is 0. The van der Waals surface area contributed by atoms with Crippen LogP contribution in [0, 0.1) is 10.1 Å². The first-order chi connectivity index (χ1) is 9.65. The van der Waals surface area contributed by atoms with Crippen LogP contribution < -0.4 is 5.32 Å². The highest BCUT2D eigenvalue weighted by Crippen LogP contribution is 2.22. The number of nitrogens with one attached hydrogen (secondary N) is 1. The molecule has 0 aromatic heterocycles. The van der Waals surface area contributed by atoms with Crippen LogP contribution in [-0.2, 0) is 0 Å². The predicted octanol–water partition coefficient (Wildman–Crippen LogP) is 1.81. The van der Waals surface area contributed by atoms with Crippen LogP contribution in [0.2, 0.25) is 0 Å². The molecule has 1 heterocycles. The van der Waals surface area contributed by atoms with Gasteiger partial charge in [-0.05, 0) is 38.9 Å². The van der Waals surface area contributed by atoms with E-state index in [0.29, 0.717) is 6.54 Å². The lowest BCUT2D eigenvalue weighted by Crippen LogP contribution is -2.46. The lowest BCUT2D eigenvalue weighted by molar-refractivity contribution is -0.385. The number of carbonyl (C=O) groups is 1. The van der Waals surface area contributed by atoms with Gasteiger partial charge >= 0.3 is 0 Å². The van der Waals surface area contributed by atoms with Crippen molar-refractivity contribution in [3.05, 3.63) is 39.9 Å². The number of benzene rings is 1. The number of rotatable bonds is 4. The number of hydrogen-bond acceptors (Lipinski definition) is 4. The van der Waals surface area contributed by atoms with E-state index in [1.165, 1.54) is 12.1 Å². The lowest BCUT2D eigenvalue weighted by Gasteiger charge is -2.33. The second-order valence-corrected chi connectivity index (χ2v) is 4.85. The Morgan fingerprint density at radius 3 is 2.65 bits per heavy atom. The average Bonchev–Trinajstić information content (AvgIpc) is 2.49. The summed E-state index contributed by atoms with van der Waals surface area (Å²) >= 11 is 0. The zero-order chi connectivity index (χ0) is 14.5. The highest BCUT2D eigenvalue weighted by atomic mass is 16.6. The number of nitrogens with zero attached hydrogens (tertiary/aromatic N) is 2. The van der Waals surface area contributed by atoms with E-state index in [4.69, 9.17) is 0 Å². The molecule has 1 aromatic carbocycles. The monoisotopic (exact) mass is 277 g/mol. The zero-order valence-corrected chi connectivity index (χ0v) is 11.5. The van der Waals surface area contributed by atoms with Crippen molar-refractivity contribution in [1.29, 1.82) is 0 Å². The highest BCUT2D eigenvalue weighted by molar-refractivity contribution is 5.98. The topological polar surface area (TPSA) is 75.5 Å². The second-order valence-electron chi connectivity index (χ2n) is 4.85. The number of carbonyl (C=O) groups excluding carboxylic acids is 1. The third-order valence-corrected chi connectivity index (χ3v) is 3.68. The largest absolute Gasteiger partial charge is 0.336 e. The van der Waals surface area contributed by atoms with E-state index < -0.39 is 4.92 Å². The molecule has 2 rings (SSSR count). The Morgan fingerprint density at radius 1 is 1.40 bits per heavy atom. The highest BCUT2D eigenvalue weighted by Gasteiger charge is 2.28. The molecule has 1 N–H and O–H groups in total. The Balaban J connectivity index is 2.26. The Hall–Kier alpha value is -1.95. The van der Waals surface area contributed by atoms with Crippen LogP contribution in [0.15, 0.2) is 24.3 Å². The SMILES string of the molecule is CCN(C(=O)c1ccccc1[N+](=O)[O-])C1CCNCC1. The summed E-state index contributed by atoms with van der Waals surface area (Å²) in [6.07, 6.45) is 1.78. The molecule has 0 atom stereocenters. The summed E-state index contributed by atoms with van der Waals surface area (Å²) in [4.78, 5) is 24.9. The van der Waals surface area contributed by atoms with E-state index in [9.17, 15) is 14.9 Å². The standard InChI is InChI=1S/C14H19N3O3/c1-2-16(11-7-9-15-10-8-11)14(18)12-5-3-4-6-13(12)17(19)20/h3-6,11,15H,2,7-10H2,1H3. The maximum absolute atomic E-state index is 12.6. The minimum atomic E-state index is -0.497. The van der Waals surface area contributed by atoms with Gasteiger partial charge in [0.25, 0.3) is 11.6 Å². The fourth-order valence-electron chi connectivity index (χ4n) is 2.65. The molecule has 1 aliphatic heterocycles. The fraction of sp³-hybridized carbons (Fsp3) is 0.500. The van der Waals surface area contributed by atoms with Crippen LogP contribution in [-0.4, -0.2) is 41.4 Å². The number of nitro groups is 1. The minimum Gasteiger partial charge on any atom is -0.336 e. The quantitative estimate of drug-likeness (QED) is 0.672. The third-order valence-electron chi connectivity index (χ3n) is 3.68. The molecule has 1 aliphatic rings. The Morgan fingerprint density at radius 2 is 2.05 bits per heavy atom. The fourth-order valence-corrected chi connectivity index (χ4v) is 2.65. The van der Waals surface area contributed by atoms with Gasteiger partial charge in [0.05, 0.1) is 4.92 Å². The van der Waals surface area contributed by atoms with Gasteiger partial charge in [0, 0.05) is 18.7 Å². The van der Waals surface area contributed by atoms with Crippen molar-refractivity contribution in [3.8, 4) is 0 Å². The molecule has 1 aromatic rings. The number of nitro benzene ring substituents is 1. The molecule has 6 heteroatoms. The Kier molecular flexibility index (Phi) is 4.68. The summed E-state index contributed by atoms with van der Waals surface area (Å²) in [5.74, 6) is -0.244. The van der Waals surface area contributed by atoms with Gasteiger partial charge in [0.2, 0.25) is 0 Å². The van der Waals surface area contributed by atoms with E-state index in [2.05, 4.69) is 5.32 Å². The Labute approximate surface area is 117 Å². The van der Waals surface area contributed by atoms with Crippen molar-refractivity contribution >= 4 is 11.6 Å². The number of hydrogen-bond donors (Lipinski definition) is 1. The van der Waals surface area contributed by atoms with Crippen molar-refractivity contribution in [2.75, 3.05) is 19.6 Å². The van der Waals surface area contributed by atoms with Gasteiger partial charge < -0.3 is 10.2 Å². The average molecular weight is 277 g/mol. The molecule has 20 heavy (non-hydrogen) atoms. The van der Waals surface area contributed by atoms with Gasteiger partial charge in [-0.25, -0.2) is 0 Å². The van der Waals surface area contributed by atoms with Crippen molar-refractivity contribution in [1.82, 2.24) is 10.2 Å². The number of para-hydroxylation sites is 1. The molecule has 0 unspecified atom stereocenters. The first kappa shape index (κ1) is 14.5. The molecule has 1 amide bonds. The third kappa shape index (κ3) is 2.96. The maximum Gasteiger partial charge on any atom is 0.282 e. The number of piperidine rings is 1. The van der Waals surface area contributed by atoms with Gasteiger partial charge in [-0.15, -0.1) is 0 Å². The van der Waals surface area contributed by atoms with Gasteiger partial charge in [0.15, 0.2) is 0 Å². The molecule has 0 radical (unpaired) electrons. The predicted molar refractivity (Wildman–Crippen MR) is 75.7 cm³/mol. The summed E-state index contributed by atoms with van der Waals surface area (Å²) in [5.41, 5.74) is 0.0581. The zero-order valence-electron chi connectivity index (χ0n) is 11.5. The molecule has 1 saturated heterocycles. The van der Waals surface area contributed by atoms with E-state index >= 15 is 0 Å². The summed E-state index contributed by atoms with van der Waals surface area (Å²) in [5, 5.41) is 14.3. The molecule has 0 saturated carbocycles. The molecule has 1 fully saturated rings. The maximum atomic E-state index is 12.6. The van der Waals surface area contributed by atoms with Gasteiger partial charge in [-0.3, -0.25) is 14.9 Å². The molecular weight excluding hydrogens is 258 g/mol. The van der Waals surface area contributed by atoms with E-state index in [0.717, 1.165) is 25.9 Å². The van der Waals surface area contributed by atoms with Crippen molar-refractivity contribution < 1.29 is 9.72 Å². The van der Waals surface area contributed by atoms with Crippen LogP contribution in [0.4, 0.5) is 5.69 Å². The van der Waals surface area contributed by atoms with Crippen LogP contribution >= 0.6 is 0 Å². The first-order valence-corrected chi connectivity index (χ1v) is 6.90. The Bertz CT molecular complexity index is 498. The molecule has 0 aliphatic carbocycles. The van der Waals surface area contributed by atoms with Gasteiger partial charge in [0.1, 0.15) is 5.56 Å². The van der Waals surface area contributed by atoms with E-state index in [-0.39, 0.29) is 23.2 Å². The summed E-state index contributed by atoms with van der Waals surface area (Å²) in [7, 11) is 0. The molecule has 0 spiro atoms. The smallest absolute Gasteiger partial charge is 0.282 e. The summed E-state index contributed by atoms with van der Waals surface area (Å²) in [6, 6.07) is 6.31. The van der Waals surface area contributed by atoms with Crippen molar-refractivity contribution in [2.24, 2.45) is 0 Å². The van der Waals surface area contributed by atoms with Crippen LogP contribution in [0.1, 0.15) is 30.1 Å². The second kappa shape index (κ2) is 6.47. The van der Waals surface area contributed by atoms with E-state index in [1.807, 2.05) is 6.92 Å². The van der Waals surface area contributed by atoms with Gasteiger partial charge in [-0.2, -0.15) is 0 Å². The lowest BCUT2D eigenvalue weighted by atomic mass is 10.0. The van der Waals surface area contributed by atoms with E-state index in [1.54, 1.807) is 17.0 Å². The molecule has 108 valence electrons. The van der Waals surface area contributed by atoms with Gasteiger partial charge in [-0.1, -0.05) is 12.1 Å².